The van der Waals surface area contributed by atoms with Crippen molar-refractivity contribution in [1.82, 2.24) is 9.97 Å². The molecule has 0 radical (unpaired) electrons. The van der Waals surface area contributed by atoms with Gasteiger partial charge in [-0.3, -0.25) is 9.78 Å². The molecule has 0 atom stereocenters. The summed E-state index contributed by atoms with van der Waals surface area (Å²) >= 11 is 0. The molecule has 0 aliphatic heterocycles. The number of nitrogens with zero attached hydrogens (tertiary/aromatic N) is 2. The van der Waals surface area contributed by atoms with Crippen LogP contribution >= 0.6 is 0 Å². The lowest BCUT2D eigenvalue weighted by molar-refractivity contribution is 0.102. The average molecular weight is 364 g/mol. The van der Waals surface area contributed by atoms with Crippen molar-refractivity contribution < 1.29 is 9.18 Å². The van der Waals surface area contributed by atoms with Crippen LogP contribution in [0, 0.1) is 5.95 Å². The molecule has 138 valence electrons. The Bertz CT molecular complexity index is 911. The van der Waals surface area contributed by atoms with Crippen LogP contribution in [0.2, 0.25) is 0 Å². The predicted octanol–water partition coefficient (Wildman–Crippen LogP) is 4.60. The van der Waals surface area contributed by atoms with Crippen molar-refractivity contribution in [3.05, 3.63) is 83.6 Å². The maximum Gasteiger partial charge on any atom is 0.255 e. The maximum atomic E-state index is 13.6. The van der Waals surface area contributed by atoms with Crippen molar-refractivity contribution in [2.75, 3.05) is 10.6 Å². The number of amides is 1. The summed E-state index contributed by atoms with van der Waals surface area (Å²) in [6.07, 6.45) is 3.36. The van der Waals surface area contributed by atoms with Gasteiger partial charge in [-0.15, -0.1) is 0 Å². The van der Waals surface area contributed by atoms with E-state index in [0.717, 1.165) is 11.1 Å². The Labute approximate surface area is 157 Å². The molecule has 0 unspecified atom stereocenters. The molecule has 27 heavy (non-hydrogen) atoms. The van der Waals surface area contributed by atoms with Crippen molar-refractivity contribution in [3.8, 4) is 0 Å². The number of nitrogens with one attached hydrogen (secondary N) is 2. The summed E-state index contributed by atoms with van der Waals surface area (Å²) in [5, 5.41) is 5.85. The summed E-state index contributed by atoms with van der Waals surface area (Å²) in [7, 11) is 0. The van der Waals surface area contributed by atoms with Gasteiger partial charge in [0.05, 0.1) is 5.69 Å². The van der Waals surface area contributed by atoms with E-state index in [1.165, 1.54) is 12.1 Å². The molecule has 2 aromatic heterocycles. The van der Waals surface area contributed by atoms with E-state index in [9.17, 15) is 9.18 Å². The number of hydrogen-bond donors (Lipinski definition) is 2. The fourth-order valence-corrected chi connectivity index (χ4v) is 2.57. The lowest BCUT2D eigenvalue weighted by Gasteiger charge is -2.13. The molecule has 0 fully saturated rings. The third-order valence-corrected chi connectivity index (χ3v) is 4.16. The average Bonchev–Trinajstić information content (AvgIpc) is 2.69. The lowest BCUT2D eigenvalue weighted by Crippen LogP contribution is -2.15. The molecular formula is C21H21FN4O. The van der Waals surface area contributed by atoms with Gasteiger partial charge < -0.3 is 10.6 Å². The first-order valence-corrected chi connectivity index (χ1v) is 8.73. The number of carbonyl (C=O) groups excluding carboxylic acids is 1. The van der Waals surface area contributed by atoms with E-state index in [0.29, 0.717) is 23.7 Å². The molecule has 0 bridgehead atoms. The second kappa shape index (κ2) is 8.40. The Morgan fingerprint density at radius 2 is 1.74 bits per heavy atom. The minimum Gasteiger partial charge on any atom is -0.364 e. The van der Waals surface area contributed by atoms with Crippen LogP contribution in [-0.2, 0) is 6.54 Å². The maximum absolute atomic E-state index is 13.6. The number of pyridine rings is 2. The Morgan fingerprint density at radius 3 is 2.41 bits per heavy atom. The fourth-order valence-electron chi connectivity index (χ4n) is 2.57. The monoisotopic (exact) mass is 364 g/mol. The highest BCUT2D eigenvalue weighted by molar-refractivity contribution is 6.05. The number of halogens is 1. The van der Waals surface area contributed by atoms with Gasteiger partial charge in [0.1, 0.15) is 0 Å². The second-order valence-corrected chi connectivity index (χ2v) is 6.47. The van der Waals surface area contributed by atoms with E-state index in [-0.39, 0.29) is 11.7 Å². The molecule has 3 rings (SSSR count). The van der Waals surface area contributed by atoms with Crippen molar-refractivity contribution >= 4 is 17.4 Å². The van der Waals surface area contributed by atoms with Gasteiger partial charge in [-0.05, 0) is 53.4 Å². The Balaban J connectivity index is 1.74. The molecule has 0 saturated heterocycles. The number of carbonyl (C=O) groups is 1. The van der Waals surface area contributed by atoms with Crippen LogP contribution in [-0.4, -0.2) is 15.9 Å². The molecule has 0 spiro atoms. The molecular weight excluding hydrogens is 343 g/mol. The Morgan fingerprint density at radius 1 is 1.04 bits per heavy atom. The van der Waals surface area contributed by atoms with E-state index in [2.05, 4.69) is 34.4 Å². The first kappa shape index (κ1) is 18.5. The summed E-state index contributed by atoms with van der Waals surface area (Å²) in [5.41, 5.74) is 3.08. The molecule has 0 aliphatic rings. The minimum absolute atomic E-state index is 0.273. The van der Waals surface area contributed by atoms with Crippen LogP contribution in [0.25, 0.3) is 0 Å². The number of hydrogen-bond acceptors (Lipinski definition) is 4. The minimum atomic E-state index is -0.619. The van der Waals surface area contributed by atoms with Crippen LogP contribution in [0.1, 0.15) is 41.3 Å². The van der Waals surface area contributed by atoms with Crippen LogP contribution in [0.4, 0.5) is 15.9 Å². The summed E-state index contributed by atoms with van der Waals surface area (Å²) in [6, 6.07) is 13.8. The molecule has 2 heterocycles. The second-order valence-electron chi connectivity index (χ2n) is 6.47. The van der Waals surface area contributed by atoms with E-state index >= 15 is 0 Å². The standard InChI is InChI=1S/C21H21FN4O/c1-14(2)16-3-5-17(6-4-16)21(27)25-18-7-8-19(22)26-20(18)24-13-15-9-11-23-12-10-15/h3-12,14H,13H2,1-2H3,(H,24,26)(H,25,27). The lowest BCUT2D eigenvalue weighted by atomic mass is 10.0. The van der Waals surface area contributed by atoms with Crippen LogP contribution in [0.3, 0.4) is 0 Å². The summed E-state index contributed by atoms with van der Waals surface area (Å²) in [4.78, 5) is 20.4. The van der Waals surface area contributed by atoms with Gasteiger partial charge in [0.2, 0.25) is 5.95 Å². The van der Waals surface area contributed by atoms with E-state index in [1.807, 2.05) is 24.3 Å². The van der Waals surface area contributed by atoms with E-state index in [1.54, 1.807) is 24.5 Å². The first-order valence-electron chi connectivity index (χ1n) is 8.73. The van der Waals surface area contributed by atoms with Gasteiger partial charge in [0.25, 0.3) is 5.91 Å². The highest BCUT2D eigenvalue weighted by atomic mass is 19.1. The first-order chi connectivity index (χ1) is 13.0. The normalized spacial score (nSPS) is 10.7. The van der Waals surface area contributed by atoms with Crippen molar-refractivity contribution in [1.29, 1.82) is 0 Å². The van der Waals surface area contributed by atoms with Crippen LogP contribution < -0.4 is 10.6 Å². The summed E-state index contributed by atoms with van der Waals surface area (Å²) < 4.78 is 13.6. The fraction of sp³-hybridized carbons (Fsp3) is 0.190. The van der Waals surface area contributed by atoms with E-state index in [4.69, 9.17) is 0 Å². The molecule has 1 aromatic carbocycles. The Kier molecular flexibility index (Phi) is 5.76. The number of benzene rings is 1. The summed E-state index contributed by atoms with van der Waals surface area (Å²) in [5.74, 6) is -0.219. The summed E-state index contributed by atoms with van der Waals surface area (Å²) in [6.45, 7) is 4.63. The van der Waals surface area contributed by atoms with Gasteiger partial charge >= 0.3 is 0 Å². The zero-order valence-electron chi connectivity index (χ0n) is 15.2. The van der Waals surface area contributed by atoms with Crippen molar-refractivity contribution in [2.45, 2.75) is 26.3 Å². The Hall–Kier alpha value is -3.28. The zero-order valence-corrected chi connectivity index (χ0v) is 15.2. The molecule has 2 N–H and O–H groups in total. The van der Waals surface area contributed by atoms with Gasteiger partial charge in [0.15, 0.2) is 5.82 Å². The van der Waals surface area contributed by atoms with E-state index < -0.39 is 5.95 Å². The van der Waals surface area contributed by atoms with Crippen molar-refractivity contribution in [2.24, 2.45) is 0 Å². The molecule has 5 nitrogen and oxygen atoms in total. The van der Waals surface area contributed by atoms with Crippen molar-refractivity contribution in [3.63, 3.8) is 0 Å². The molecule has 0 saturated carbocycles. The molecule has 1 amide bonds. The molecule has 6 heteroatoms. The van der Waals surface area contributed by atoms with Crippen LogP contribution in [0.5, 0.6) is 0 Å². The quantitative estimate of drug-likeness (QED) is 0.627. The molecule has 0 aliphatic carbocycles. The highest BCUT2D eigenvalue weighted by Crippen LogP contribution is 2.22. The SMILES string of the molecule is CC(C)c1ccc(C(=O)Nc2ccc(F)nc2NCc2ccncc2)cc1. The number of rotatable bonds is 6. The van der Waals surface area contributed by atoms with Crippen LogP contribution in [0.15, 0.2) is 60.9 Å². The predicted molar refractivity (Wildman–Crippen MR) is 104 cm³/mol. The van der Waals surface area contributed by atoms with Gasteiger partial charge in [-0.2, -0.15) is 4.39 Å². The number of aromatic nitrogens is 2. The largest absolute Gasteiger partial charge is 0.364 e. The smallest absolute Gasteiger partial charge is 0.255 e. The third kappa shape index (κ3) is 4.88. The van der Waals surface area contributed by atoms with Gasteiger partial charge in [-0.1, -0.05) is 26.0 Å². The zero-order chi connectivity index (χ0) is 19.2. The molecule has 3 aromatic rings. The highest BCUT2D eigenvalue weighted by Gasteiger charge is 2.12. The van der Waals surface area contributed by atoms with Gasteiger partial charge in [-0.25, -0.2) is 4.98 Å². The topological polar surface area (TPSA) is 66.9 Å². The third-order valence-electron chi connectivity index (χ3n) is 4.16. The number of anilines is 2. The van der Waals surface area contributed by atoms with Gasteiger partial charge in [0, 0.05) is 24.5 Å².